The number of aryl methyl sites for hydroxylation is 1. The minimum atomic E-state index is 0.503. The number of hydrogen-bond donors (Lipinski definition) is 1. The largest absolute Gasteiger partial charge is 0.337 e. The Labute approximate surface area is 91.3 Å². The minimum Gasteiger partial charge on any atom is -0.337 e. The van der Waals surface area contributed by atoms with E-state index in [0.717, 1.165) is 11.2 Å². The molecule has 14 heavy (non-hydrogen) atoms. The zero-order valence-electron chi connectivity index (χ0n) is 9.50. The molecular formula is C11H20N2S. The van der Waals surface area contributed by atoms with Gasteiger partial charge in [-0.3, -0.25) is 0 Å². The van der Waals surface area contributed by atoms with Crippen LogP contribution in [0.2, 0.25) is 0 Å². The Bertz CT molecular complexity index is 335. The molecule has 1 aromatic rings. The van der Waals surface area contributed by atoms with Crippen LogP contribution in [0.5, 0.6) is 0 Å². The van der Waals surface area contributed by atoms with Gasteiger partial charge in [0.05, 0.1) is 0 Å². The van der Waals surface area contributed by atoms with Gasteiger partial charge in [-0.25, -0.2) is 0 Å². The third kappa shape index (κ3) is 2.47. The first-order valence-electron chi connectivity index (χ1n) is 5.35. The highest BCUT2D eigenvalue weighted by Crippen LogP contribution is 2.19. The van der Waals surface area contributed by atoms with E-state index in [-0.39, 0.29) is 0 Å². The highest BCUT2D eigenvalue weighted by Gasteiger charge is 2.11. The van der Waals surface area contributed by atoms with Gasteiger partial charge in [0.15, 0.2) is 4.77 Å². The summed E-state index contributed by atoms with van der Waals surface area (Å²) in [6, 6.07) is 0.503. The van der Waals surface area contributed by atoms with Gasteiger partial charge in [-0.2, -0.15) is 0 Å². The first-order valence-corrected chi connectivity index (χ1v) is 5.75. The Morgan fingerprint density at radius 3 is 2.57 bits per heavy atom. The molecule has 0 aliphatic carbocycles. The molecule has 0 aliphatic heterocycles. The summed E-state index contributed by atoms with van der Waals surface area (Å²) in [6.07, 6.45) is 4.24. The number of rotatable bonds is 4. The van der Waals surface area contributed by atoms with Crippen molar-refractivity contribution in [1.29, 1.82) is 0 Å². The molecule has 2 nitrogen and oxygen atoms in total. The van der Waals surface area contributed by atoms with Crippen LogP contribution in [0.15, 0.2) is 6.20 Å². The lowest BCUT2D eigenvalue weighted by Gasteiger charge is -2.18. The van der Waals surface area contributed by atoms with Gasteiger partial charge in [-0.1, -0.05) is 20.8 Å². The van der Waals surface area contributed by atoms with E-state index in [9.17, 15) is 0 Å². The van der Waals surface area contributed by atoms with E-state index < -0.39 is 0 Å². The quantitative estimate of drug-likeness (QED) is 0.754. The summed E-state index contributed by atoms with van der Waals surface area (Å²) in [4.78, 5) is 3.12. The first-order chi connectivity index (χ1) is 6.56. The summed E-state index contributed by atoms with van der Waals surface area (Å²) in [7, 11) is 0. The molecule has 1 heterocycles. The molecule has 0 radical (unpaired) electrons. The van der Waals surface area contributed by atoms with E-state index in [1.807, 2.05) is 6.20 Å². The van der Waals surface area contributed by atoms with Gasteiger partial charge in [0.25, 0.3) is 0 Å². The third-order valence-electron chi connectivity index (χ3n) is 2.51. The van der Waals surface area contributed by atoms with Gasteiger partial charge < -0.3 is 9.55 Å². The average Bonchev–Trinajstić information content (AvgIpc) is 2.45. The van der Waals surface area contributed by atoms with Gasteiger partial charge in [-0.05, 0) is 37.9 Å². The number of aromatic nitrogens is 2. The highest BCUT2D eigenvalue weighted by atomic mass is 32.1. The van der Waals surface area contributed by atoms with Crippen molar-refractivity contribution < 1.29 is 0 Å². The summed E-state index contributed by atoms with van der Waals surface area (Å²) < 4.78 is 3.10. The van der Waals surface area contributed by atoms with Crippen molar-refractivity contribution in [1.82, 2.24) is 9.55 Å². The van der Waals surface area contributed by atoms with Gasteiger partial charge in [0.2, 0.25) is 0 Å². The van der Waals surface area contributed by atoms with Crippen LogP contribution < -0.4 is 0 Å². The summed E-state index contributed by atoms with van der Waals surface area (Å²) in [5.74, 6) is 0.714. The second kappa shape index (κ2) is 4.78. The predicted molar refractivity (Wildman–Crippen MR) is 63.2 cm³/mol. The molecule has 0 bridgehead atoms. The van der Waals surface area contributed by atoms with Gasteiger partial charge in [0.1, 0.15) is 0 Å². The van der Waals surface area contributed by atoms with Crippen molar-refractivity contribution in [2.45, 2.75) is 46.6 Å². The van der Waals surface area contributed by atoms with Crippen molar-refractivity contribution >= 4 is 12.2 Å². The Morgan fingerprint density at radius 2 is 2.07 bits per heavy atom. The Morgan fingerprint density at radius 1 is 1.43 bits per heavy atom. The van der Waals surface area contributed by atoms with Crippen molar-refractivity contribution in [3.8, 4) is 0 Å². The van der Waals surface area contributed by atoms with E-state index in [4.69, 9.17) is 12.2 Å². The Balaban J connectivity index is 2.92. The molecule has 1 unspecified atom stereocenters. The van der Waals surface area contributed by atoms with Crippen LogP contribution in [0.4, 0.5) is 0 Å². The average molecular weight is 212 g/mol. The molecular weight excluding hydrogens is 192 g/mol. The maximum absolute atomic E-state index is 5.28. The second-order valence-corrected chi connectivity index (χ2v) is 4.67. The zero-order valence-corrected chi connectivity index (χ0v) is 10.3. The molecule has 1 atom stereocenters. The number of nitrogens with one attached hydrogen (secondary N) is 1. The van der Waals surface area contributed by atoms with Crippen LogP contribution in [0.25, 0.3) is 0 Å². The van der Waals surface area contributed by atoms with Crippen LogP contribution >= 0.6 is 12.2 Å². The van der Waals surface area contributed by atoms with Gasteiger partial charge >= 0.3 is 0 Å². The first kappa shape index (κ1) is 11.5. The summed E-state index contributed by atoms with van der Waals surface area (Å²) in [5.41, 5.74) is 1.31. The van der Waals surface area contributed by atoms with Crippen molar-refractivity contribution in [3.63, 3.8) is 0 Å². The van der Waals surface area contributed by atoms with Crippen LogP contribution in [0.3, 0.4) is 0 Å². The number of hydrogen-bond acceptors (Lipinski definition) is 1. The molecule has 1 aromatic heterocycles. The van der Waals surface area contributed by atoms with Crippen LogP contribution in [0.1, 0.15) is 45.9 Å². The molecule has 0 saturated carbocycles. The highest BCUT2D eigenvalue weighted by molar-refractivity contribution is 7.71. The van der Waals surface area contributed by atoms with E-state index in [2.05, 4.69) is 37.2 Å². The van der Waals surface area contributed by atoms with Gasteiger partial charge in [0, 0.05) is 17.9 Å². The molecule has 0 aliphatic rings. The third-order valence-corrected chi connectivity index (χ3v) is 2.82. The SMILES string of the molecule is CCc1c[nH]c(=S)n1C(C)CC(C)C. The fraction of sp³-hybridized carbons (Fsp3) is 0.727. The lowest BCUT2D eigenvalue weighted by Crippen LogP contribution is -2.10. The van der Waals surface area contributed by atoms with Crippen molar-refractivity contribution in [2.75, 3.05) is 0 Å². The van der Waals surface area contributed by atoms with Crippen LogP contribution in [-0.4, -0.2) is 9.55 Å². The minimum absolute atomic E-state index is 0.503. The Kier molecular flexibility index (Phi) is 3.93. The fourth-order valence-electron chi connectivity index (χ4n) is 1.96. The number of aromatic amines is 1. The number of nitrogens with zero attached hydrogens (tertiary/aromatic N) is 1. The Hall–Kier alpha value is -0.570. The second-order valence-electron chi connectivity index (χ2n) is 4.29. The topological polar surface area (TPSA) is 20.7 Å². The van der Waals surface area contributed by atoms with E-state index in [1.165, 1.54) is 12.1 Å². The molecule has 3 heteroatoms. The monoisotopic (exact) mass is 212 g/mol. The molecule has 80 valence electrons. The fourth-order valence-corrected chi connectivity index (χ4v) is 2.31. The summed E-state index contributed by atoms with van der Waals surface area (Å²) in [6.45, 7) is 8.90. The van der Waals surface area contributed by atoms with Gasteiger partial charge in [-0.15, -0.1) is 0 Å². The number of imidazole rings is 1. The molecule has 0 spiro atoms. The normalized spacial score (nSPS) is 13.5. The van der Waals surface area contributed by atoms with E-state index >= 15 is 0 Å². The van der Waals surface area contributed by atoms with Crippen LogP contribution in [-0.2, 0) is 6.42 Å². The summed E-state index contributed by atoms with van der Waals surface area (Å²) in [5, 5.41) is 0. The zero-order chi connectivity index (χ0) is 10.7. The van der Waals surface area contributed by atoms with E-state index in [0.29, 0.717) is 12.0 Å². The summed E-state index contributed by atoms with van der Waals surface area (Å²) >= 11 is 5.28. The lowest BCUT2D eigenvalue weighted by atomic mass is 10.0. The smallest absolute Gasteiger partial charge is 0.177 e. The predicted octanol–water partition coefficient (Wildman–Crippen LogP) is 3.72. The maximum Gasteiger partial charge on any atom is 0.177 e. The molecule has 1 rings (SSSR count). The molecule has 1 N–H and O–H groups in total. The van der Waals surface area contributed by atoms with Crippen molar-refractivity contribution in [2.24, 2.45) is 5.92 Å². The van der Waals surface area contributed by atoms with Crippen molar-refractivity contribution in [3.05, 3.63) is 16.7 Å². The molecule has 0 amide bonds. The molecule has 0 saturated heterocycles. The standard InChI is InChI=1S/C11H20N2S/c1-5-10-7-12-11(14)13(10)9(4)6-8(2)3/h7-9H,5-6H2,1-4H3,(H,12,14). The molecule has 0 fully saturated rings. The molecule has 0 aromatic carbocycles. The van der Waals surface area contributed by atoms with Crippen LogP contribution in [0, 0.1) is 10.7 Å². The maximum atomic E-state index is 5.28. The number of H-pyrrole nitrogens is 1. The van der Waals surface area contributed by atoms with E-state index in [1.54, 1.807) is 0 Å². The lowest BCUT2D eigenvalue weighted by molar-refractivity contribution is 0.416.